The molecule has 0 saturated carbocycles. The van der Waals surface area contributed by atoms with Crippen LogP contribution < -0.4 is 10.6 Å². The van der Waals surface area contributed by atoms with Crippen molar-refractivity contribution in [3.63, 3.8) is 0 Å². The molecule has 0 radical (unpaired) electrons. The van der Waals surface area contributed by atoms with E-state index in [2.05, 4.69) is 24.5 Å². The van der Waals surface area contributed by atoms with Crippen LogP contribution in [0.25, 0.3) is 0 Å². The summed E-state index contributed by atoms with van der Waals surface area (Å²) in [4.78, 5) is 24.5. The lowest BCUT2D eigenvalue weighted by molar-refractivity contribution is -0.114. The molecule has 0 saturated heterocycles. The fourth-order valence-corrected chi connectivity index (χ4v) is 2.87. The molecule has 0 atom stereocenters. The zero-order chi connectivity index (χ0) is 16.8. The van der Waals surface area contributed by atoms with Crippen molar-refractivity contribution in [2.75, 3.05) is 10.6 Å². The molecule has 0 spiro atoms. The molecule has 120 valence electrons. The lowest BCUT2D eigenvalue weighted by atomic mass is 10.2. The maximum atomic E-state index is 12.3. The van der Waals surface area contributed by atoms with Gasteiger partial charge in [-0.1, -0.05) is 19.9 Å². The van der Waals surface area contributed by atoms with Crippen molar-refractivity contribution >= 4 is 35.0 Å². The van der Waals surface area contributed by atoms with Crippen LogP contribution in [0, 0.1) is 0 Å². The van der Waals surface area contributed by atoms with Gasteiger partial charge in [0.2, 0.25) is 5.91 Å². The van der Waals surface area contributed by atoms with E-state index < -0.39 is 0 Å². The van der Waals surface area contributed by atoms with Gasteiger partial charge in [-0.2, -0.15) is 0 Å². The summed E-state index contributed by atoms with van der Waals surface area (Å²) in [6.45, 7) is 5.72. The van der Waals surface area contributed by atoms with Gasteiger partial charge in [0, 0.05) is 34.0 Å². The molecule has 0 bridgehead atoms. The van der Waals surface area contributed by atoms with Crippen LogP contribution in [0.4, 0.5) is 11.4 Å². The maximum Gasteiger partial charge on any atom is 0.255 e. The molecule has 0 aliphatic heterocycles. The van der Waals surface area contributed by atoms with Crippen LogP contribution in [-0.4, -0.2) is 17.1 Å². The molecule has 4 nitrogen and oxygen atoms in total. The monoisotopic (exact) mass is 328 g/mol. The van der Waals surface area contributed by atoms with Crippen LogP contribution in [-0.2, 0) is 4.79 Å². The number of rotatable bonds is 5. The van der Waals surface area contributed by atoms with Crippen molar-refractivity contribution in [1.29, 1.82) is 0 Å². The summed E-state index contributed by atoms with van der Waals surface area (Å²) in [7, 11) is 0. The van der Waals surface area contributed by atoms with Crippen LogP contribution in [0.1, 0.15) is 31.1 Å². The van der Waals surface area contributed by atoms with E-state index in [4.69, 9.17) is 0 Å². The Bertz CT molecular complexity index is 696. The molecule has 0 heterocycles. The lowest BCUT2D eigenvalue weighted by Crippen LogP contribution is -2.13. The van der Waals surface area contributed by atoms with Gasteiger partial charge in [0.15, 0.2) is 0 Å². The number of amides is 2. The molecule has 0 aliphatic rings. The average molecular weight is 328 g/mol. The van der Waals surface area contributed by atoms with E-state index >= 15 is 0 Å². The molecule has 2 aromatic carbocycles. The molecular formula is C18H20N2O2S. The lowest BCUT2D eigenvalue weighted by Gasteiger charge is -2.09. The van der Waals surface area contributed by atoms with E-state index in [-0.39, 0.29) is 11.8 Å². The van der Waals surface area contributed by atoms with Gasteiger partial charge in [-0.25, -0.2) is 0 Å². The third-order valence-electron chi connectivity index (χ3n) is 2.93. The third kappa shape index (κ3) is 5.45. The van der Waals surface area contributed by atoms with Crippen LogP contribution in [0.3, 0.4) is 0 Å². The van der Waals surface area contributed by atoms with Gasteiger partial charge in [-0.15, -0.1) is 11.8 Å². The predicted octanol–water partition coefficient (Wildman–Crippen LogP) is 4.40. The number of carbonyl (C=O) groups is 2. The second-order valence-electron chi connectivity index (χ2n) is 5.41. The van der Waals surface area contributed by atoms with E-state index in [1.54, 1.807) is 36.0 Å². The highest BCUT2D eigenvalue weighted by Crippen LogP contribution is 2.24. The number of anilines is 2. The van der Waals surface area contributed by atoms with Crippen LogP contribution in [0.2, 0.25) is 0 Å². The Labute approximate surface area is 140 Å². The molecule has 2 aromatic rings. The summed E-state index contributed by atoms with van der Waals surface area (Å²) < 4.78 is 0. The molecule has 0 aromatic heterocycles. The Hall–Kier alpha value is -2.27. The zero-order valence-electron chi connectivity index (χ0n) is 13.4. The average Bonchev–Trinajstić information content (AvgIpc) is 2.48. The van der Waals surface area contributed by atoms with Crippen molar-refractivity contribution in [3.05, 3.63) is 54.1 Å². The summed E-state index contributed by atoms with van der Waals surface area (Å²) >= 11 is 1.78. The summed E-state index contributed by atoms with van der Waals surface area (Å²) in [5.41, 5.74) is 1.85. The Morgan fingerprint density at radius 1 is 0.957 bits per heavy atom. The summed E-state index contributed by atoms with van der Waals surface area (Å²) in [6.07, 6.45) is 0. The van der Waals surface area contributed by atoms with Crippen molar-refractivity contribution in [2.45, 2.75) is 30.9 Å². The van der Waals surface area contributed by atoms with E-state index in [0.717, 1.165) is 5.69 Å². The molecule has 2 rings (SSSR count). The minimum Gasteiger partial charge on any atom is -0.326 e. The van der Waals surface area contributed by atoms with Crippen molar-refractivity contribution in [1.82, 2.24) is 0 Å². The smallest absolute Gasteiger partial charge is 0.255 e. The number of hydrogen-bond acceptors (Lipinski definition) is 3. The van der Waals surface area contributed by atoms with Crippen LogP contribution >= 0.6 is 11.8 Å². The largest absolute Gasteiger partial charge is 0.326 e. The standard InChI is InChI=1S/C18H20N2O2S/c1-12(2)23-17-9-7-15(8-10-17)20-18(22)14-5-4-6-16(11-14)19-13(3)21/h4-12H,1-3H3,(H,19,21)(H,20,22). The van der Waals surface area contributed by atoms with Crippen LogP contribution in [0.5, 0.6) is 0 Å². The van der Waals surface area contributed by atoms with Gasteiger partial charge < -0.3 is 10.6 Å². The number of benzene rings is 2. The minimum atomic E-state index is -0.207. The summed E-state index contributed by atoms with van der Waals surface area (Å²) in [5, 5.41) is 6.05. The first-order valence-electron chi connectivity index (χ1n) is 7.40. The number of hydrogen-bond donors (Lipinski definition) is 2. The SMILES string of the molecule is CC(=O)Nc1cccc(C(=O)Nc2ccc(SC(C)C)cc2)c1. The topological polar surface area (TPSA) is 58.2 Å². The van der Waals surface area contributed by atoms with Crippen molar-refractivity contribution in [2.24, 2.45) is 0 Å². The Balaban J connectivity index is 2.05. The molecular weight excluding hydrogens is 308 g/mol. The van der Waals surface area contributed by atoms with E-state index in [9.17, 15) is 9.59 Å². The molecule has 5 heteroatoms. The molecule has 2 amide bonds. The molecule has 23 heavy (non-hydrogen) atoms. The second kappa shape index (κ2) is 7.83. The maximum absolute atomic E-state index is 12.3. The van der Waals surface area contributed by atoms with Crippen molar-refractivity contribution < 1.29 is 9.59 Å². The van der Waals surface area contributed by atoms with Gasteiger partial charge in [0.25, 0.3) is 5.91 Å². The van der Waals surface area contributed by atoms with Gasteiger partial charge in [0.1, 0.15) is 0 Å². The normalized spacial score (nSPS) is 10.4. The Kier molecular flexibility index (Phi) is 5.82. The van der Waals surface area contributed by atoms with E-state index in [1.807, 2.05) is 24.3 Å². The minimum absolute atomic E-state index is 0.166. The highest BCUT2D eigenvalue weighted by atomic mass is 32.2. The van der Waals surface area contributed by atoms with Gasteiger partial charge in [0.05, 0.1) is 0 Å². The molecule has 0 aliphatic carbocycles. The number of thioether (sulfide) groups is 1. The van der Waals surface area contributed by atoms with Gasteiger partial charge in [-0.05, 0) is 42.5 Å². The zero-order valence-corrected chi connectivity index (χ0v) is 14.2. The quantitative estimate of drug-likeness (QED) is 0.800. The fourth-order valence-electron chi connectivity index (χ4n) is 2.03. The third-order valence-corrected chi connectivity index (χ3v) is 3.94. The number of carbonyl (C=O) groups excluding carboxylic acids is 2. The molecule has 0 unspecified atom stereocenters. The first kappa shape index (κ1) is 17.1. The van der Waals surface area contributed by atoms with Crippen LogP contribution in [0.15, 0.2) is 53.4 Å². The van der Waals surface area contributed by atoms with Gasteiger partial charge in [-0.3, -0.25) is 9.59 Å². The number of nitrogens with one attached hydrogen (secondary N) is 2. The summed E-state index contributed by atoms with van der Waals surface area (Å²) in [6, 6.07) is 14.6. The Morgan fingerprint density at radius 2 is 1.65 bits per heavy atom. The molecule has 2 N–H and O–H groups in total. The second-order valence-corrected chi connectivity index (χ2v) is 7.06. The van der Waals surface area contributed by atoms with Crippen molar-refractivity contribution in [3.8, 4) is 0 Å². The summed E-state index contributed by atoms with van der Waals surface area (Å²) in [5.74, 6) is -0.373. The first-order chi connectivity index (χ1) is 10.9. The fraction of sp³-hybridized carbons (Fsp3) is 0.222. The first-order valence-corrected chi connectivity index (χ1v) is 8.28. The highest BCUT2D eigenvalue weighted by Gasteiger charge is 2.08. The van der Waals surface area contributed by atoms with E-state index in [1.165, 1.54) is 11.8 Å². The molecule has 0 fully saturated rings. The van der Waals surface area contributed by atoms with Gasteiger partial charge >= 0.3 is 0 Å². The van der Waals surface area contributed by atoms with E-state index in [0.29, 0.717) is 16.5 Å². The Morgan fingerprint density at radius 3 is 2.26 bits per heavy atom. The predicted molar refractivity (Wildman–Crippen MR) is 96.1 cm³/mol. The highest BCUT2D eigenvalue weighted by molar-refractivity contribution is 7.99.